The number of ether oxygens (including phenoxy) is 1. The number of aliphatic hydroxyl groups is 1. The molecule has 1 saturated heterocycles. The Hall–Kier alpha value is -0.160. The van der Waals surface area contributed by atoms with Gasteiger partial charge in [-0.15, -0.1) is 0 Å². The Labute approximate surface area is 111 Å². The molecule has 0 spiro atoms. The van der Waals surface area contributed by atoms with Crippen LogP contribution in [0.25, 0.3) is 0 Å². The van der Waals surface area contributed by atoms with Crippen LogP contribution in [-0.4, -0.2) is 74.5 Å². The van der Waals surface area contributed by atoms with E-state index in [9.17, 15) is 5.11 Å². The molecule has 0 bridgehead atoms. The van der Waals surface area contributed by atoms with Gasteiger partial charge in [0.2, 0.25) is 0 Å². The molecule has 2 aliphatic rings. The molecule has 2 fully saturated rings. The maximum Gasteiger partial charge on any atom is 0.0594 e. The number of likely N-dealkylation sites (N-methyl/N-ethyl adjacent to an activating group) is 1. The van der Waals surface area contributed by atoms with Crippen LogP contribution in [-0.2, 0) is 4.74 Å². The zero-order chi connectivity index (χ0) is 12.8. The van der Waals surface area contributed by atoms with Crippen molar-refractivity contribution in [1.82, 2.24) is 9.80 Å². The van der Waals surface area contributed by atoms with Crippen LogP contribution in [0.15, 0.2) is 0 Å². The zero-order valence-corrected chi connectivity index (χ0v) is 11.7. The van der Waals surface area contributed by atoms with Crippen LogP contribution >= 0.6 is 0 Å². The molecule has 1 heterocycles. The van der Waals surface area contributed by atoms with Gasteiger partial charge in [-0.1, -0.05) is 12.8 Å². The van der Waals surface area contributed by atoms with Gasteiger partial charge in [0.1, 0.15) is 0 Å². The monoisotopic (exact) mass is 256 g/mol. The van der Waals surface area contributed by atoms with Crippen LogP contribution in [0.4, 0.5) is 0 Å². The van der Waals surface area contributed by atoms with Crippen LogP contribution in [0.2, 0.25) is 0 Å². The summed E-state index contributed by atoms with van der Waals surface area (Å²) in [5.41, 5.74) is 0.194. The third kappa shape index (κ3) is 3.92. The number of rotatable bonds is 6. The second-order valence-electron chi connectivity index (χ2n) is 6.06. The van der Waals surface area contributed by atoms with Gasteiger partial charge in [0.25, 0.3) is 0 Å². The van der Waals surface area contributed by atoms with Gasteiger partial charge >= 0.3 is 0 Å². The fourth-order valence-corrected chi connectivity index (χ4v) is 3.28. The van der Waals surface area contributed by atoms with E-state index in [0.29, 0.717) is 6.61 Å². The predicted molar refractivity (Wildman–Crippen MR) is 72.7 cm³/mol. The lowest BCUT2D eigenvalue weighted by atomic mass is 9.87. The van der Waals surface area contributed by atoms with Crippen molar-refractivity contribution < 1.29 is 9.84 Å². The summed E-state index contributed by atoms with van der Waals surface area (Å²) in [5, 5.41) is 9.63. The van der Waals surface area contributed by atoms with Crippen LogP contribution in [0.3, 0.4) is 0 Å². The van der Waals surface area contributed by atoms with Gasteiger partial charge in [-0.3, -0.25) is 4.90 Å². The highest BCUT2D eigenvalue weighted by Gasteiger charge is 2.34. The van der Waals surface area contributed by atoms with Gasteiger partial charge < -0.3 is 14.7 Å². The van der Waals surface area contributed by atoms with Crippen LogP contribution < -0.4 is 0 Å². The van der Waals surface area contributed by atoms with E-state index < -0.39 is 0 Å². The summed E-state index contributed by atoms with van der Waals surface area (Å²) >= 11 is 0. The quantitative estimate of drug-likeness (QED) is 0.763. The lowest BCUT2D eigenvalue weighted by Crippen LogP contribution is -2.43. The highest BCUT2D eigenvalue weighted by molar-refractivity contribution is 4.86. The number of aliphatic hydroxyl groups excluding tert-OH is 1. The van der Waals surface area contributed by atoms with Crippen molar-refractivity contribution in [2.45, 2.75) is 25.7 Å². The molecule has 0 unspecified atom stereocenters. The first-order valence-electron chi connectivity index (χ1n) is 7.34. The molecule has 4 heteroatoms. The second kappa shape index (κ2) is 6.85. The molecule has 1 N–H and O–H groups in total. The lowest BCUT2D eigenvalue weighted by molar-refractivity contribution is 0.0298. The van der Waals surface area contributed by atoms with E-state index in [4.69, 9.17) is 4.74 Å². The van der Waals surface area contributed by atoms with Crippen LogP contribution in [0.5, 0.6) is 0 Å². The van der Waals surface area contributed by atoms with Crippen LogP contribution in [0.1, 0.15) is 25.7 Å². The van der Waals surface area contributed by atoms with Gasteiger partial charge in [0, 0.05) is 44.7 Å². The van der Waals surface area contributed by atoms with E-state index in [0.717, 1.165) is 45.9 Å². The fourth-order valence-electron chi connectivity index (χ4n) is 3.28. The Bertz CT molecular complexity index is 236. The highest BCUT2D eigenvalue weighted by Crippen LogP contribution is 2.37. The molecular formula is C14H28N2O2. The Kier molecular flexibility index (Phi) is 5.42. The van der Waals surface area contributed by atoms with Crippen molar-refractivity contribution in [3.8, 4) is 0 Å². The van der Waals surface area contributed by atoms with E-state index in [2.05, 4.69) is 16.8 Å². The molecule has 0 radical (unpaired) electrons. The molecule has 0 aromatic heterocycles. The van der Waals surface area contributed by atoms with Gasteiger partial charge in [-0.2, -0.15) is 0 Å². The Morgan fingerprint density at radius 1 is 1.22 bits per heavy atom. The number of hydrogen-bond donors (Lipinski definition) is 1. The van der Waals surface area contributed by atoms with Crippen LogP contribution in [0, 0.1) is 5.41 Å². The van der Waals surface area contributed by atoms with Gasteiger partial charge in [-0.25, -0.2) is 0 Å². The van der Waals surface area contributed by atoms with Crippen molar-refractivity contribution in [3.63, 3.8) is 0 Å². The maximum absolute atomic E-state index is 9.63. The topological polar surface area (TPSA) is 35.9 Å². The van der Waals surface area contributed by atoms with Gasteiger partial charge in [-0.05, 0) is 19.9 Å². The summed E-state index contributed by atoms with van der Waals surface area (Å²) in [4.78, 5) is 4.87. The molecule has 0 atom stereocenters. The summed E-state index contributed by atoms with van der Waals surface area (Å²) in [5.74, 6) is 0. The Morgan fingerprint density at radius 2 is 1.89 bits per heavy atom. The number of morpholine rings is 1. The summed E-state index contributed by atoms with van der Waals surface area (Å²) in [6.45, 7) is 7.53. The van der Waals surface area contributed by atoms with Gasteiger partial charge in [0.15, 0.2) is 0 Å². The molecule has 1 aliphatic heterocycles. The summed E-state index contributed by atoms with van der Waals surface area (Å²) in [6, 6.07) is 0. The van der Waals surface area contributed by atoms with Crippen molar-refractivity contribution in [1.29, 1.82) is 0 Å². The zero-order valence-electron chi connectivity index (χ0n) is 11.7. The standard InChI is InChI=1S/C14H28N2O2/c1-15(6-7-16-8-10-18-11-9-16)12-14(13-17)4-2-3-5-14/h17H,2-13H2,1H3. The minimum absolute atomic E-state index is 0.194. The first kappa shape index (κ1) is 14.3. The Balaban J connectivity index is 1.69. The predicted octanol–water partition coefficient (Wildman–Crippen LogP) is 0.803. The largest absolute Gasteiger partial charge is 0.396 e. The molecule has 18 heavy (non-hydrogen) atoms. The van der Waals surface area contributed by atoms with Crippen molar-refractivity contribution >= 4 is 0 Å². The van der Waals surface area contributed by atoms with Crippen molar-refractivity contribution in [2.24, 2.45) is 5.41 Å². The van der Waals surface area contributed by atoms with E-state index in [1.165, 1.54) is 25.7 Å². The third-order valence-electron chi connectivity index (χ3n) is 4.51. The minimum atomic E-state index is 0.194. The normalized spacial score (nSPS) is 24.8. The number of hydrogen-bond acceptors (Lipinski definition) is 4. The Morgan fingerprint density at radius 3 is 2.50 bits per heavy atom. The average molecular weight is 256 g/mol. The summed E-state index contributed by atoms with van der Waals surface area (Å²) in [7, 11) is 2.19. The fraction of sp³-hybridized carbons (Fsp3) is 1.00. The molecule has 0 aromatic rings. The van der Waals surface area contributed by atoms with E-state index >= 15 is 0 Å². The third-order valence-corrected chi connectivity index (χ3v) is 4.51. The molecule has 1 saturated carbocycles. The molecular weight excluding hydrogens is 228 g/mol. The van der Waals surface area contributed by atoms with Gasteiger partial charge in [0.05, 0.1) is 13.2 Å². The minimum Gasteiger partial charge on any atom is -0.396 e. The second-order valence-corrected chi connectivity index (χ2v) is 6.06. The van der Waals surface area contributed by atoms with Crippen molar-refractivity contribution in [2.75, 3.05) is 59.6 Å². The van der Waals surface area contributed by atoms with E-state index in [1.54, 1.807) is 0 Å². The number of nitrogens with zero attached hydrogens (tertiary/aromatic N) is 2. The highest BCUT2D eigenvalue weighted by atomic mass is 16.5. The molecule has 4 nitrogen and oxygen atoms in total. The molecule has 2 rings (SSSR count). The summed E-state index contributed by atoms with van der Waals surface area (Å²) in [6.07, 6.45) is 4.98. The molecule has 1 aliphatic carbocycles. The van der Waals surface area contributed by atoms with E-state index in [-0.39, 0.29) is 5.41 Å². The molecule has 0 aromatic carbocycles. The smallest absolute Gasteiger partial charge is 0.0594 e. The average Bonchev–Trinajstić information content (AvgIpc) is 2.87. The SMILES string of the molecule is CN(CCN1CCOCC1)CC1(CO)CCCC1. The first-order chi connectivity index (χ1) is 8.74. The maximum atomic E-state index is 9.63. The van der Waals surface area contributed by atoms with E-state index in [1.807, 2.05) is 0 Å². The summed E-state index contributed by atoms with van der Waals surface area (Å²) < 4.78 is 5.36. The van der Waals surface area contributed by atoms with Crippen molar-refractivity contribution in [3.05, 3.63) is 0 Å². The lowest BCUT2D eigenvalue weighted by Gasteiger charge is -2.34. The first-order valence-corrected chi connectivity index (χ1v) is 7.34. The molecule has 106 valence electrons. The molecule has 0 amide bonds.